The quantitative estimate of drug-likeness (QED) is 0.870. The summed E-state index contributed by atoms with van der Waals surface area (Å²) >= 11 is 1.67. The average molecular weight is 263 g/mol. The van der Waals surface area contributed by atoms with Gasteiger partial charge in [-0.3, -0.25) is 0 Å². The van der Waals surface area contributed by atoms with Crippen LogP contribution in [-0.2, 0) is 6.42 Å². The molecule has 4 nitrogen and oxygen atoms in total. The first kappa shape index (κ1) is 12.8. The lowest BCUT2D eigenvalue weighted by Crippen LogP contribution is -2.04. The Bertz CT molecular complexity index is 498. The predicted octanol–water partition coefficient (Wildman–Crippen LogP) is 2.90. The van der Waals surface area contributed by atoms with Gasteiger partial charge in [-0.15, -0.1) is 11.3 Å². The number of anilines is 1. The molecule has 0 aliphatic heterocycles. The van der Waals surface area contributed by atoms with Crippen molar-refractivity contribution in [1.82, 2.24) is 9.97 Å². The molecule has 18 heavy (non-hydrogen) atoms. The molecule has 5 heteroatoms. The first-order valence-electron chi connectivity index (χ1n) is 6.02. The van der Waals surface area contributed by atoms with E-state index < -0.39 is 0 Å². The summed E-state index contributed by atoms with van der Waals surface area (Å²) in [7, 11) is 0. The largest absolute Gasteiger partial charge is 0.477 e. The minimum atomic E-state index is 0.631. The third-order valence-corrected chi connectivity index (χ3v) is 3.50. The Morgan fingerprint density at radius 2 is 2.28 bits per heavy atom. The van der Waals surface area contributed by atoms with E-state index in [9.17, 15) is 0 Å². The van der Waals surface area contributed by atoms with Crippen molar-refractivity contribution in [2.24, 2.45) is 0 Å². The zero-order valence-electron chi connectivity index (χ0n) is 10.6. The van der Waals surface area contributed by atoms with Crippen LogP contribution >= 0.6 is 11.3 Å². The summed E-state index contributed by atoms with van der Waals surface area (Å²) in [5.74, 6) is 1.51. The topological polar surface area (TPSA) is 47.0 Å². The molecule has 0 aliphatic carbocycles. The number of thiazole rings is 1. The second-order valence-electron chi connectivity index (χ2n) is 3.85. The van der Waals surface area contributed by atoms with Gasteiger partial charge in [0.05, 0.1) is 17.8 Å². The summed E-state index contributed by atoms with van der Waals surface area (Å²) in [6, 6.07) is 5.75. The van der Waals surface area contributed by atoms with Crippen molar-refractivity contribution in [3.63, 3.8) is 0 Å². The van der Waals surface area contributed by atoms with E-state index in [1.807, 2.05) is 37.6 Å². The van der Waals surface area contributed by atoms with Crippen LogP contribution in [0.5, 0.6) is 5.88 Å². The third kappa shape index (κ3) is 3.43. The van der Waals surface area contributed by atoms with Gasteiger partial charge in [-0.2, -0.15) is 4.98 Å². The van der Waals surface area contributed by atoms with E-state index in [4.69, 9.17) is 4.74 Å². The maximum absolute atomic E-state index is 5.65. The van der Waals surface area contributed by atoms with Crippen molar-refractivity contribution in [3.05, 3.63) is 34.3 Å². The molecule has 0 spiro atoms. The number of ether oxygens (including phenoxy) is 1. The van der Waals surface area contributed by atoms with Crippen LogP contribution in [0, 0.1) is 6.92 Å². The molecule has 2 aromatic rings. The highest BCUT2D eigenvalue weighted by Gasteiger charge is 2.02. The normalized spacial score (nSPS) is 10.3. The van der Waals surface area contributed by atoms with Crippen LogP contribution < -0.4 is 10.1 Å². The second-order valence-corrected chi connectivity index (χ2v) is 4.79. The standard InChI is InChI=1S/C13H17N3OS/c1-3-14-12-5-4-6-13(16-12)17-8-7-11-10(2)15-9-18-11/h4-6,9H,3,7-8H2,1-2H3,(H,14,16). The van der Waals surface area contributed by atoms with E-state index in [0.29, 0.717) is 12.5 Å². The van der Waals surface area contributed by atoms with Gasteiger partial charge in [0.2, 0.25) is 5.88 Å². The van der Waals surface area contributed by atoms with Gasteiger partial charge >= 0.3 is 0 Å². The van der Waals surface area contributed by atoms with Gasteiger partial charge in [-0.25, -0.2) is 4.98 Å². The highest BCUT2D eigenvalue weighted by molar-refractivity contribution is 7.09. The van der Waals surface area contributed by atoms with E-state index in [2.05, 4.69) is 15.3 Å². The van der Waals surface area contributed by atoms with Crippen LogP contribution in [0.1, 0.15) is 17.5 Å². The number of nitrogens with one attached hydrogen (secondary N) is 1. The van der Waals surface area contributed by atoms with Gasteiger partial charge in [0.25, 0.3) is 0 Å². The molecule has 96 valence electrons. The highest BCUT2D eigenvalue weighted by atomic mass is 32.1. The fraction of sp³-hybridized carbons (Fsp3) is 0.385. The molecule has 0 bridgehead atoms. The van der Waals surface area contributed by atoms with Crippen molar-refractivity contribution in [3.8, 4) is 5.88 Å². The number of pyridine rings is 1. The lowest BCUT2D eigenvalue weighted by Gasteiger charge is -2.07. The van der Waals surface area contributed by atoms with Crippen LogP contribution in [-0.4, -0.2) is 23.1 Å². The summed E-state index contributed by atoms with van der Waals surface area (Å²) in [5.41, 5.74) is 2.97. The molecule has 0 saturated carbocycles. The van der Waals surface area contributed by atoms with Crippen LogP contribution in [0.3, 0.4) is 0 Å². The van der Waals surface area contributed by atoms with E-state index in [0.717, 1.165) is 24.5 Å². The van der Waals surface area contributed by atoms with E-state index in [1.54, 1.807) is 11.3 Å². The molecule has 0 radical (unpaired) electrons. The lowest BCUT2D eigenvalue weighted by molar-refractivity contribution is 0.310. The zero-order valence-corrected chi connectivity index (χ0v) is 11.5. The Morgan fingerprint density at radius 3 is 3.00 bits per heavy atom. The molecule has 2 aromatic heterocycles. The first-order valence-corrected chi connectivity index (χ1v) is 6.90. The van der Waals surface area contributed by atoms with E-state index in [-0.39, 0.29) is 0 Å². The van der Waals surface area contributed by atoms with Crippen LogP contribution in [0.2, 0.25) is 0 Å². The fourth-order valence-corrected chi connectivity index (χ4v) is 2.35. The molecule has 0 atom stereocenters. The van der Waals surface area contributed by atoms with Gasteiger partial charge in [0.15, 0.2) is 0 Å². The molecule has 0 aliphatic rings. The number of nitrogens with zero attached hydrogens (tertiary/aromatic N) is 2. The maximum atomic E-state index is 5.65. The van der Waals surface area contributed by atoms with Crippen molar-refractivity contribution in [1.29, 1.82) is 0 Å². The van der Waals surface area contributed by atoms with Crippen molar-refractivity contribution < 1.29 is 4.74 Å². The van der Waals surface area contributed by atoms with Gasteiger partial charge in [-0.05, 0) is 19.9 Å². The number of aryl methyl sites for hydroxylation is 1. The first-order chi connectivity index (χ1) is 8.79. The molecule has 0 aromatic carbocycles. The smallest absolute Gasteiger partial charge is 0.215 e. The van der Waals surface area contributed by atoms with Crippen LogP contribution in [0.15, 0.2) is 23.7 Å². The zero-order chi connectivity index (χ0) is 12.8. The highest BCUT2D eigenvalue weighted by Crippen LogP contribution is 2.15. The summed E-state index contributed by atoms with van der Waals surface area (Å²) in [6.45, 7) is 5.56. The van der Waals surface area contributed by atoms with Gasteiger partial charge in [-0.1, -0.05) is 6.07 Å². The second kappa shape index (κ2) is 6.35. The number of hydrogen-bond acceptors (Lipinski definition) is 5. The molecule has 1 N–H and O–H groups in total. The fourth-order valence-electron chi connectivity index (χ4n) is 1.59. The SMILES string of the molecule is CCNc1cccc(OCCc2scnc2C)n1. The van der Waals surface area contributed by atoms with Crippen molar-refractivity contribution in [2.45, 2.75) is 20.3 Å². The molecule has 0 unspecified atom stereocenters. The summed E-state index contributed by atoms with van der Waals surface area (Å²) in [5, 5.41) is 3.16. The molecule has 0 amide bonds. The lowest BCUT2D eigenvalue weighted by atomic mass is 10.3. The average Bonchev–Trinajstić information content (AvgIpc) is 2.76. The Balaban J connectivity index is 1.86. The Kier molecular flexibility index (Phi) is 4.52. The van der Waals surface area contributed by atoms with E-state index >= 15 is 0 Å². The van der Waals surface area contributed by atoms with E-state index in [1.165, 1.54) is 4.88 Å². The minimum Gasteiger partial charge on any atom is -0.477 e. The minimum absolute atomic E-state index is 0.631. The molecule has 0 saturated heterocycles. The van der Waals surface area contributed by atoms with Gasteiger partial charge in [0, 0.05) is 23.9 Å². The van der Waals surface area contributed by atoms with Crippen LogP contribution in [0.25, 0.3) is 0 Å². The van der Waals surface area contributed by atoms with Gasteiger partial charge in [0.1, 0.15) is 5.82 Å². The Hall–Kier alpha value is -1.62. The maximum Gasteiger partial charge on any atom is 0.215 e. The number of aromatic nitrogens is 2. The summed E-state index contributed by atoms with van der Waals surface area (Å²) in [4.78, 5) is 9.85. The summed E-state index contributed by atoms with van der Waals surface area (Å²) in [6.07, 6.45) is 0.879. The number of rotatable bonds is 6. The van der Waals surface area contributed by atoms with Crippen molar-refractivity contribution >= 4 is 17.2 Å². The Morgan fingerprint density at radius 1 is 1.39 bits per heavy atom. The number of hydrogen-bond donors (Lipinski definition) is 1. The summed E-state index contributed by atoms with van der Waals surface area (Å²) < 4.78 is 5.65. The molecule has 0 fully saturated rings. The van der Waals surface area contributed by atoms with Crippen molar-refractivity contribution in [2.75, 3.05) is 18.5 Å². The molecule has 2 rings (SSSR count). The van der Waals surface area contributed by atoms with Gasteiger partial charge < -0.3 is 10.1 Å². The Labute approximate surface area is 111 Å². The monoisotopic (exact) mass is 263 g/mol. The predicted molar refractivity (Wildman–Crippen MR) is 74.5 cm³/mol. The molecule has 2 heterocycles. The third-order valence-electron chi connectivity index (χ3n) is 2.51. The molecular weight excluding hydrogens is 246 g/mol. The van der Waals surface area contributed by atoms with Crippen LogP contribution in [0.4, 0.5) is 5.82 Å². The molecular formula is C13H17N3OS.